The normalized spacial score (nSPS) is 10.8. The summed E-state index contributed by atoms with van der Waals surface area (Å²) in [6.07, 6.45) is -4.98. The van der Waals surface area contributed by atoms with Crippen molar-refractivity contribution in [2.24, 2.45) is 10.2 Å². The molecule has 0 heterocycles. The summed E-state index contributed by atoms with van der Waals surface area (Å²) in [5.74, 6) is -1.46. The highest BCUT2D eigenvalue weighted by Gasteiger charge is 2.38. The number of hydrogen-bond donors (Lipinski definition) is 1. The Kier molecular flexibility index (Phi) is 5.34. The van der Waals surface area contributed by atoms with Gasteiger partial charge in [-0.1, -0.05) is 11.6 Å². The van der Waals surface area contributed by atoms with Crippen LogP contribution in [0.5, 0.6) is 5.75 Å². The number of aromatic hydroxyl groups is 1. The molecule has 0 fully saturated rings. The molecule has 0 bridgehead atoms. The Morgan fingerprint density at radius 3 is 2.54 bits per heavy atom. The van der Waals surface area contributed by atoms with E-state index in [0.29, 0.717) is 12.1 Å². The van der Waals surface area contributed by atoms with Crippen LogP contribution >= 0.6 is 11.6 Å². The first-order valence-corrected chi connectivity index (χ1v) is 6.97. The topological polar surface area (TPSA) is 119 Å². The van der Waals surface area contributed by atoms with E-state index in [1.165, 1.54) is 6.07 Å². The van der Waals surface area contributed by atoms with Gasteiger partial charge in [-0.2, -0.15) is 13.2 Å². The maximum Gasteiger partial charge on any atom is 0.423 e. The fraction of sp³-hybridized carbons (Fsp3) is 0.0714. The molecule has 1 amide bonds. The van der Waals surface area contributed by atoms with Gasteiger partial charge in [0.05, 0.1) is 10.5 Å². The van der Waals surface area contributed by atoms with Crippen molar-refractivity contribution >= 4 is 28.9 Å². The molecule has 0 spiro atoms. The molecule has 0 aliphatic carbocycles. The predicted octanol–water partition coefficient (Wildman–Crippen LogP) is 4.42. The standard InChI is InChI=1S/C14H6ClF3N4O4/c15-7-1-4-12(23)9(5-7)13(24)20-21-19-8-2-3-11(22(25)26)10(6-8)14(16,17)18/h1-6H/p+1. The van der Waals surface area contributed by atoms with E-state index in [0.717, 1.165) is 18.2 Å². The maximum absolute atomic E-state index is 12.8. The average molecular weight is 388 g/mol. The highest BCUT2D eigenvalue weighted by Crippen LogP contribution is 2.38. The van der Waals surface area contributed by atoms with Crippen molar-refractivity contribution in [3.8, 4) is 5.75 Å². The van der Waals surface area contributed by atoms with Gasteiger partial charge >= 0.3 is 12.1 Å². The lowest BCUT2D eigenvalue weighted by atomic mass is 10.1. The molecular weight excluding hydrogens is 381 g/mol. The summed E-state index contributed by atoms with van der Waals surface area (Å²) in [6, 6.07) is 5.51. The van der Waals surface area contributed by atoms with E-state index in [2.05, 4.69) is 15.1 Å². The van der Waals surface area contributed by atoms with Gasteiger partial charge < -0.3 is 5.11 Å². The summed E-state index contributed by atoms with van der Waals surface area (Å²) in [7, 11) is 0. The largest absolute Gasteiger partial charge is 0.507 e. The van der Waals surface area contributed by atoms with Crippen LogP contribution in [0.4, 0.5) is 24.5 Å². The highest BCUT2D eigenvalue weighted by molar-refractivity contribution is 6.31. The summed E-state index contributed by atoms with van der Waals surface area (Å²) >= 11 is 5.67. The molecule has 2 aromatic rings. The van der Waals surface area contributed by atoms with Crippen molar-refractivity contribution in [1.82, 2.24) is 4.91 Å². The zero-order valence-electron chi connectivity index (χ0n) is 12.4. The number of nitrogens with zero attached hydrogens (tertiary/aromatic N) is 4. The van der Waals surface area contributed by atoms with E-state index in [9.17, 15) is 33.2 Å². The lowest BCUT2D eigenvalue weighted by Crippen LogP contribution is -2.08. The van der Waals surface area contributed by atoms with E-state index in [-0.39, 0.29) is 10.6 Å². The number of phenolic OH excluding ortho intramolecular Hbond substituents is 1. The van der Waals surface area contributed by atoms with Crippen LogP contribution in [0, 0.1) is 10.1 Å². The Hall–Kier alpha value is -3.30. The number of phenols is 1. The Morgan fingerprint density at radius 2 is 1.92 bits per heavy atom. The number of carbonyl (C=O) groups is 1. The van der Waals surface area contributed by atoms with Gasteiger partial charge in [0, 0.05) is 11.1 Å². The van der Waals surface area contributed by atoms with Crippen molar-refractivity contribution in [2.75, 3.05) is 0 Å². The quantitative estimate of drug-likeness (QED) is 0.363. The molecule has 1 N–H and O–H groups in total. The monoisotopic (exact) mass is 387 g/mol. The van der Waals surface area contributed by atoms with Crippen molar-refractivity contribution in [3.63, 3.8) is 0 Å². The lowest BCUT2D eigenvalue weighted by molar-refractivity contribution is -0.388. The van der Waals surface area contributed by atoms with Gasteiger partial charge in [-0.3, -0.25) is 14.9 Å². The predicted molar refractivity (Wildman–Crippen MR) is 82.2 cm³/mol. The van der Waals surface area contributed by atoms with E-state index >= 15 is 0 Å². The average Bonchev–Trinajstić information content (AvgIpc) is 2.55. The third kappa shape index (κ3) is 4.41. The van der Waals surface area contributed by atoms with Crippen LogP contribution in [0.15, 0.2) is 46.6 Å². The third-order valence-electron chi connectivity index (χ3n) is 2.97. The number of rotatable bonds is 3. The molecule has 0 saturated carbocycles. The fourth-order valence-electron chi connectivity index (χ4n) is 1.82. The van der Waals surface area contributed by atoms with Gasteiger partial charge in [0.25, 0.3) is 5.69 Å². The number of benzene rings is 2. The molecule has 134 valence electrons. The van der Waals surface area contributed by atoms with E-state index in [1.54, 1.807) is 0 Å². The van der Waals surface area contributed by atoms with Gasteiger partial charge in [0.15, 0.2) is 10.8 Å². The van der Waals surface area contributed by atoms with E-state index in [1.807, 2.05) is 0 Å². The smallest absolute Gasteiger partial charge is 0.423 e. The van der Waals surface area contributed by atoms with Crippen molar-refractivity contribution in [2.45, 2.75) is 6.18 Å². The van der Waals surface area contributed by atoms with Gasteiger partial charge in [0.2, 0.25) is 10.0 Å². The molecule has 0 unspecified atom stereocenters. The highest BCUT2D eigenvalue weighted by atomic mass is 35.5. The molecule has 0 saturated heterocycles. The minimum Gasteiger partial charge on any atom is -0.507 e. The molecule has 8 nitrogen and oxygen atoms in total. The lowest BCUT2D eigenvalue weighted by Gasteiger charge is -2.06. The number of hydrogen-bond acceptors (Lipinski definition) is 5. The Labute approximate surface area is 147 Å². The number of alkyl halides is 3. The zero-order chi connectivity index (χ0) is 19.5. The van der Waals surface area contributed by atoms with Crippen molar-refractivity contribution < 1.29 is 28.0 Å². The first-order chi connectivity index (χ1) is 12.1. The summed E-state index contributed by atoms with van der Waals surface area (Å²) in [5.41, 5.74) is -3.35. The van der Waals surface area contributed by atoms with Crippen molar-refractivity contribution in [1.29, 1.82) is 0 Å². The number of nitro groups is 1. The van der Waals surface area contributed by atoms with Crippen LogP contribution in [-0.4, -0.2) is 15.9 Å². The van der Waals surface area contributed by atoms with Crippen LogP contribution in [0.2, 0.25) is 5.02 Å². The van der Waals surface area contributed by atoms with Crippen LogP contribution in [0.1, 0.15) is 15.9 Å². The van der Waals surface area contributed by atoms with E-state index < -0.39 is 39.7 Å². The molecule has 2 rings (SSSR count). The summed E-state index contributed by atoms with van der Waals surface area (Å²) in [5, 5.41) is 26.8. The van der Waals surface area contributed by atoms with Gasteiger partial charge in [0.1, 0.15) is 11.3 Å². The molecule has 0 aromatic heterocycles. The van der Waals surface area contributed by atoms with Crippen LogP contribution < -0.4 is 4.91 Å². The van der Waals surface area contributed by atoms with Crippen LogP contribution in [-0.2, 0) is 6.18 Å². The molecule has 2 aromatic carbocycles. The Morgan fingerprint density at radius 1 is 1.23 bits per heavy atom. The number of nitro benzene ring substituents is 1. The molecule has 0 aliphatic rings. The van der Waals surface area contributed by atoms with Gasteiger partial charge in [-0.15, -0.1) is 0 Å². The molecular formula is C14H7ClF3N4O4+. The second kappa shape index (κ2) is 7.30. The second-order valence-corrected chi connectivity index (χ2v) is 5.15. The summed E-state index contributed by atoms with van der Waals surface area (Å²) < 4.78 is 38.5. The Bertz CT molecular complexity index is 956. The third-order valence-corrected chi connectivity index (χ3v) is 3.20. The maximum atomic E-state index is 12.8. The minimum atomic E-state index is -4.98. The summed E-state index contributed by atoms with van der Waals surface area (Å²) in [4.78, 5) is 24.3. The number of amides is 1. The fourth-order valence-corrected chi connectivity index (χ4v) is 1.99. The summed E-state index contributed by atoms with van der Waals surface area (Å²) in [6.45, 7) is 0. The number of carbonyl (C=O) groups excluding carboxylic acids is 1. The molecule has 0 atom stereocenters. The minimum absolute atomic E-state index is 0.142. The van der Waals surface area contributed by atoms with E-state index in [4.69, 9.17) is 11.6 Å². The number of halogens is 4. The molecule has 12 heteroatoms. The first-order valence-electron chi connectivity index (χ1n) is 6.60. The van der Waals surface area contributed by atoms with Crippen molar-refractivity contribution in [3.05, 3.63) is 62.7 Å². The molecule has 0 radical (unpaired) electrons. The molecule has 26 heavy (non-hydrogen) atoms. The van der Waals surface area contributed by atoms with Gasteiger partial charge in [-0.25, -0.2) is 0 Å². The molecule has 0 aliphatic heterocycles. The SMILES string of the molecule is O=C(N=[N+]=Nc1ccc([N+](=O)[O-])c(C(F)(F)F)c1)c1cc(Cl)ccc1O. The zero-order valence-corrected chi connectivity index (χ0v) is 13.2. The van der Waals surface area contributed by atoms with Crippen LogP contribution in [0.3, 0.4) is 0 Å². The first kappa shape index (κ1) is 19.0. The Balaban J connectivity index is 2.35. The van der Waals surface area contributed by atoms with Gasteiger partial charge in [-0.05, 0) is 30.3 Å². The van der Waals surface area contributed by atoms with Crippen LogP contribution in [0.25, 0.3) is 0 Å². The second-order valence-electron chi connectivity index (χ2n) is 4.71.